The van der Waals surface area contributed by atoms with E-state index in [9.17, 15) is 0 Å². The number of para-hydroxylation sites is 1. The molecule has 0 atom stereocenters. The lowest BCUT2D eigenvalue weighted by atomic mass is 10.1. The molecule has 0 bridgehead atoms. The molecule has 0 aliphatic heterocycles. The van der Waals surface area contributed by atoms with Gasteiger partial charge in [-0.1, -0.05) is 12.1 Å². The van der Waals surface area contributed by atoms with Crippen LogP contribution in [0.2, 0.25) is 0 Å². The van der Waals surface area contributed by atoms with Crippen molar-refractivity contribution in [1.29, 1.82) is 0 Å². The first-order valence-electron chi connectivity index (χ1n) is 3.81. The lowest BCUT2D eigenvalue weighted by molar-refractivity contribution is 0.202. The molecule has 0 aliphatic rings. The SMILES string of the molecule is COCCc1cccc(S)c1N. The molecule has 12 heavy (non-hydrogen) atoms. The highest BCUT2D eigenvalue weighted by atomic mass is 32.1. The minimum absolute atomic E-state index is 0.696. The van der Waals surface area contributed by atoms with E-state index < -0.39 is 0 Å². The third kappa shape index (κ3) is 2.16. The second kappa shape index (κ2) is 4.38. The fraction of sp³-hybridized carbons (Fsp3) is 0.333. The molecule has 0 aromatic heterocycles. The normalized spacial score (nSPS) is 10.2. The first-order valence-corrected chi connectivity index (χ1v) is 4.25. The van der Waals surface area contributed by atoms with Crippen LogP contribution < -0.4 is 5.73 Å². The summed E-state index contributed by atoms with van der Waals surface area (Å²) in [5.41, 5.74) is 7.65. The van der Waals surface area contributed by atoms with Gasteiger partial charge in [0.25, 0.3) is 0 Å². The number of hydrogen-bond donors (Lipinski definition) is 2. The third-order valence-corrected chi connectivity index (χ3v) is 2.14. The molecule has 0 aliphatic carbocycles. The predicted octanol–water partition coefficient (Wildman–Crippen LogP) is 1.75. The number of nitrogen functional groups attached to an aromatic ring is 1. The number of anilines is 1. The summed E-state index contributed by atoms with van der Waals surface area (Å²) in [6.07, 6.45) is 0.844. The number of ether oxygens (including phenoxy) is 1. The summed E-state index contributed by atoms with van der Waals surface area (Å²) in [6.45, 7) is 0.696. The van der Waals surface area contributed by atoms with Gasteiger partial charge in [-0.3, -0.25) is 0 Å². The summed E-state index contributed by atoms with van der Waals surface area (Å²) < 4.78 is 4.96. The quantitative estimate of drug-likeness (QED) is 0.553. The molecule has 3 heteroatoms. The highest BCUT2D eigenvalue weighted by Crippen LogP contribution is 2.20. The molecule has 0 unspecified atom stereocenters. The van der Waals surface area contributed by atoms with Gasteiger partial charge in [0.2, 0.25) is 0 Å². The van der Waals surface area contributed by atoms with Gasteiger partial charge in [0.15, 0.2) is 0 Å². The van der Waals surface area contributed by atoms with Gasteiger partial charge in [-0.25, -0.2) is 0 Å². The average Bonchev–Trinajstić information content (AvgIpc) is 2.08. The van der Waals surface area contributed by atoms with Gasteiger partial charge in [-0.15, -0.1) is 12.6 Å². The predicted molar refractivity (Wildman–Crippen MR) is 53.7 cm³/mol. The highest BCUT2D eigenvalue weighted by molar-refractivity contribution is 7.80. The Hall–Kier alpha value is -0.670. The summed E-state index contributed by atoms with van der Waals surface area (Å²) in [7, 11) is 1.68. The van der Waals surface area contributed by atoms with E-state index in [0.29, 0.717) is 6.61 Å². The minimum atomic E-state index is 0.696. The van der Waals surface area contributed by atoms with Gasteiger partial charge in [0.05, 0.1) is 6.61 Å². The molecule has 1 rings (SSSR count). The van der Waals surface area contributed by atoms with Gasteiger partial charge in [0, 0.05) is 17.7 Å². The molecule has 2 N–H and O–H groups in total. The minimum Gasteiger partial charge on any atom is -0.398 e. The third-order valence-electron chi connectivity index (χ3n) is 1.75. The molecule has 0 spiro atoms. The van der Waals surface area contributed by atoms with Gasteiger partial charge in [0.1, 0.15) is 0 Å². The van der Waals surface area contributed by atoms with Crippen molar-refractivity contribution in [2.24, 2.45) is 0 Å². The van der Waals surface area contributed by atoms with E-state index in [-0.39, 0.29) is 0 Å². The van der Waals surface area contributed by atoms with Crippen LogP contribution in [0, 0.1) is 0 Å². The fourth-order valence-electron chi connectivity index (χ4n) is 1.03. The van der Waals surface area contributed by atoms with E-state index in [1.807, 2.05) is 18.2 Å². The first-order chi connectivity index (χ1) is 5.75. The first kappa shape index (κ1) is 9.42. The van der Waals surface area contributed by atoms with Gasteiger partial charge >= 0.3 is 0 Å². The molecule has 0 heterocycles. The summed E-state index contributed by atoms with van der Waals surface area (Å²) in [6, 6.07) is 5.83. The average molecular weight is 183 g/mol. The number of methoxy groups -OCH3 is 1. The van der Waals surface area contributed by atoms with Crippen LogP contribution in [0.5, 0.6) is 0 Å². The van der Waals surface area contributed by atoms with Crippen molar-refractivity contribution in [2.75, 3.05) is 19.5 Å². The Kier molecular flexibility index (Phi) is 3.44. The van der Waals surface area contributed by atoms with Gasteiger partial charge in [-0.2, -0.15) is 0 Å². The van der Waals surface area contributed by atoms with Crippen LogP contribution in [0.15, 0.2) is 23.1 Å². The summed E-state index contributed by atoms with van der Waals surface area (Å²) >= 11 is 4.22. The Morgan fingerprint density at radius 1 is 1.50 bits per heavy atom. The van der Waals surface area contributed by atoms with Crippen molar-refractivity contribution in [3.8, 4) is 0 Å². The van der Waals surface area contributed by atoms with Crippen LogP contribution in [0.4, 0.5) is 5.69 Å². The van der Waals surface area contributed by atoms with Crippen molar-refractivity contribution in [2.45, 2.75) is 11.3 Å². The zero-order chi connectivity index (χ0) is 8.97. The van der Waals surface area contributed by atoms with Crippen molar-refractivity contribution >= 4 is 18.3 Å². The molecule has 66 valence electrons. The van der Waals surface area contributed by atoms with Crippen molar-refractivity contribution < 1.29 is 4.74 Å². The Morgan fingerprint density at radius 2 is 2.25 bits per heavy atom. The fourth-order valence-corrected chi connectivity index (χ4v) is 1.26. The van der Waals surface area contributed by atoms with Crippen molar-refractivity contribution in [3.05, 3.63) is 23.8 Å². The van der Waals surface area contributed by atoms with Crippen molar-refractivity contribution in [1.82, 2.24) is 0 Å². The van der Waals surface area contributed by atoms with Gasteiger partial charge < -0.3 is 10.5 Å². The topological polar surface area (TPSA) is 35.2 Å². The van der Waals surface area contributed by atoms with Crippen LogP contribution >= 0.6 is 12.6 Å². The van der Waals surface area contributed by atoms with E-state index in [0.717, 1.165) is 22.6 Å². The molecule has 1 aromatic carbocycles. The van der Waals surface area contributed by atoms with Crippen LogP contribution in [0.25, 0.3) is 0 Å². The Morgan fingerprint density at radius 3 is 2.92 bits per heavy atom. The van der Waals surface area contributed by atoms with Gasteiger partial charge in [-0.05, 0) is 18.1 Å². The number of thiol groups is 1. The maximum Gasteiger partial charge on any atom is 0.0503 e. The number of hydrogen-bond acceptors (Lipinski definition) is 3. The lowest BCUT2D eigenvalue weighted by Gasteiger charge is -2.06. The van der Waals surface area contributed by atoms with E-state index >= 15 is 0 Å². The summed E-state index contributed by atoms with van der Waals surface area (Å²) in [4.78, 5) is 0.837. The number of rotatable bonds is 3. The molecule has 0 saturated carbocycles. The van der Waals surface area contributed by atoms with Crippen LogP contribution in [0.1, 0.15) is 5.56 Å². The Bertz CT molecular complexity index is 263. The zero-order valence-corrected chi connectivity index (χ0v) is 7.97. The number of benzene rings is 1. The molecular formula is C9H13NOS. The molecule has 0 amide bonds. The largest absolute Gasteiger partial charge is 0.398 e. The zero-order valence-electron chi connectivity index (χ0n) is 7.08. The lowest BCUT2D eigenvalue weighted by Crippen LogP contribution is -1.99. The molecule has 0 saturated heterocycles. The number of nitrogens with two attached hydrogens (primary N) is 1. The Labute approximate surface area is 78.1 Å². The van der Waals surface area contributed by atoms with E-state index in [1.165, 1.54) is 0 Å². The second-order valence-corrected chi connectivity index (χ2v) is 3.07. The second-order valence-electron chi connectivity index (χ2n) is 2.59. The molecule has 0 fully saturated rings. The maximum atomic E-state index is 5.79. The highest BCUT2D eigenvalue weighted by Gasteiger charge is 2.00. The van der Waals surface area contributed by atoms with E-state index in [2.05, 4.69) is 12.6 Å². The van der Waals surface area contributed by atoms with Crippen molar-refractivity contribution in [3.63, 3.8) is 0 Å². The summed E-state index contributed by atoms with van der Waals surface area (Å²) in [5, 5.41) is 0. The molecule has 0 radical (unpaired) electrons. The van der Waals surface area contributed by atoms with Crippen LogP contribution in [0.3, 0.4) is 0 Å². The smallest absolute Gasteiger partial charge is 0.0503 e. The van der Waals surface area contributed by atoms with Crippen LogP contribution in [-0.2, 0) is 11.2 Å². The van der Waals surface area contributed by atoms with E-state index in [4.69, 9.17) is 10.5 Å². The van der Waals surface area contributed by atoms with E-state index in [1.54, 1.807) is 7.11 Å². The standard InChI is InChI=1S/C9H13NOS/c1-11-6-5-7-3-2-4-8(12)9(7)10/h2-4,12H,5-6,10H2,1H3. The molecule has 1 aromatic rings. The summed E-state index contributed by atoms with van der Waals surface area (Å²) in [5.74, 6) is 0. The monoisotopic (exact) mass is 183 g/mol. The maximum absolute atomic E-state index is 5.79. The molecular weight excluding hydrogens is 170 g/mol. The van der Waals surface area contributed by atoms with Crippen LogP contribution in [-0.4, -0.2) is 13.7 Å². The Balaban J connectivity index is 2.78. The molecule has 2 nitrogen and oxygen atoms in total.